The first-order chi connectivity index (χ1) is 12.4. The van der Waals surface area contributed by atoms with E-state index in [-0.39, 0.29) is 41.6 Å². The lowest BCUT2D eigenvalue weighted by molar-refractivity contribution is -0.120. The quantitative estimate of drug-likeness (QED) is 0.593. The maximum absolute atomic E-state index is 12.4. The van der Waals surface area contributed by atoms with Crippen LogP contribution < -0.4 is 15.4 Å². The Morgan fingerprint density at radius 1 is 1.19 bits per heavy atom. The average molecular weight is 381 g/mol. The van der Waals surface area contributed by atoms with Crippen LogP contribution in [-0.4, -0.2) is 52.1 Å². The molecule has 2 aliphatic rings. The predicted octanol–water partition coefficient (Wildman–Crippen LogP) is 0.152. The van der Waals surface area contributed by atoms with Crippen molar-refractivity contribution < 1.29 is 22.7 Å². The Bertz CT molecular complexity index is 770. The number of hydrogen-bond acceptors (Lipinski definition) is 5. The average Bonchev–Trinajstić information content (AvgIpc) is 3.28. The number of benzene rings is 1. The van der Waals surface area contributed by atoms with Crippen LogP contribution in [0.15, 0.2) is 29.2 Å². The first-order valence-corrected chi connectivity index (χ1v) is 10.2. The third-order valence-electron chi connectivity index (χ3n) is 4.28. The van der Waals surface area contributed by atoms with Crippen LogP contribution in [-0.2, 0) is 19.6 Å². The van der Waals surface area contributed by atoms with Gasteiger partial charge in [0.15, 0.2) is 0 Å². The normalized spacial score (nSPS) is 19.9. The predicted molar refractivity (Wildman–Crippen MR) is 94.1 cm³/mol. The van der Waals surface area contributed by atoms with Crippen molar-refractivity contribution in [3.05, 3.63) is 29.8 Å². The fourth-order valence-corrected chi connectivity index (χ4v) is 3.78. The van der Waals surface area contributed by atoms with Gasteiger partial charge in [-0.15, -0.1) is 0 Å². The van der Waals surface area contributed by atoms with Crippen LogP contribution >= 0.6 is 0 Å². The summed E-state index contributed by atoms with van der Waals surface area (Å²) < 4.78 is 32.7. The van der Waals surface area contributed by atoms with E-state index in [2.05, 4.69) is 15.4 Å². The summed E-state index contributed by atoms with van der Waals surface area (Å²) in [4.78, 5) is 23.8. The highest BCUT2D eigenvalue weighted by atomic mass is 32.2. The molecular weight excluding hydrogens is 358 g/mol. The Morgan fingerprint density at radius 3 is 2.69 bits per heavy atom. The summed E-state index contributed by atoms with van der Waals surface area (Å²) in [5.74, 6) is -0.741. The minimum Gasteiger partial charge on any atom is -0.377 e. The number of amides is 2. The zero-order valence-corrected chi connectivity index (χ0v) is 15.2. The monoisotopic (exact) mass is 381 g/mol. The third-order valence-corrected chi connectivity index (χ3v) is 5.70. The topological polar surface area (TPSA) is 114 Å². The Labute approximate surface area is 152 Å². The van der Waals surface area contributed by atoms with E-state index in [1.165, 1.54) is 24.3 Å². The Hall–Kier alpha value is -1.97. The summed E-state index contributed by atoms with van der Waals surface area (Å²) in [6.45, 7) is 0.722. The van der Waals surface area contributed by atoms with Gasteiger partial charge in [-0.25, -0.2) is 13.1 Å². The smallest absolute Gasteiger partial charge is 0.251 e. The molecule has 0 spiro atoms. The molecule has 1 aliphatic carbocycles. The molecule has 0 radical (unpaired) electrons. The van der Waals surface area contributed by atoms with Crippen molar-refractivity contribution >= 4 is 21.8 Å². The molecule has 3 N–H and O–H groups in total. The first-order valence-electron chi connectivity index (χ1n) is 8.73. The highest BCUT2D eigenvalue weighted by Gasteiger charge is 2.24. The van der Waals surface area contributed by atoms with E-state index in [9.17, 15) is 18.0 Å². The summed E-state index contributed by atoms with van der Waals surface area (Å²) in [7, 11) is -3.73. The van der Waals surface area contributed by atoms with Crippen molar-refractivity contribution in [2.24, 2.45) is 0 Å². The molecule has 3 rings (SSSR count). The number of sulfonamides is 1. The van der Waals surface area contributed by atoms with E-state index in [1.54, 1.807) is 0 Å². The van der Waals surface area contributed by atoms with E-state index in [4.69, 9.17) is 4.74 Å². The van der Waals surface area contributed by atoms with Gasteiger partial charge in [-0.3, -0.25) is 9.59 Å². The van der Waals surface area contributed by atoms with Crippen molar-refractivity contribution in [1.82, 2.24) is 15.4 Å². The molecule has 1 aliphatic heterocycles. The largest absolute Gasteiger partial charge is 0.377 e. The molecule has 1 aromatic rings. The number of rotatable bonds is 8. The second-order valence-electron chi connectivity index (χ2n) is 6.54. The zero-order valence-electron chi connectivity index (χ0n) is 14.4. The molecule has 1 heterocycles. The lowest BCUT2D eigenvalue weighted by atomic mass is 10.2. The lowest BCUT2D eigenvalue weighted by Gasteiger charge is -2.12. The molecule has 2 fully saturated rings. The van der Waals surface area contributed by atoms with Crippen LogP contribution in [0, 0.1) is 0 Å². The van der Waals surface area contributed by atoms with Gasteiger partial charge in [0.05, 0.1) is 17.5 Å². The van der Waals surface area contributed by atoms with E-state index in [1.807, 2.05) is 0 Å². The highest BCUT2D eigenvalue weighted by molar-refractivity contribution is 7.89. The van der Waals surface area contributed by atoms with Gasteiger partial charge in [-0.1, -0.05) is 6.07 Å². The number of carbonyl (C=O) groups is 2. The van der Waals surface area contributed by atoms with Crippen molar-refractivity contribution in [1.29, 1.82) is 0 Å². The molecule has 1 atom stereocenters. The lowest BCUT2D eigenvalue weighted by Crippen LogP contribution is -2.38. The van der Waals surface area contributed by atoms with E-state index in [0.717, 1.165) is 25.7 Å². The molecule has 1 aromatic carbocycles. The van der Waals surface area contributed by atoms with Crippen molar-refractivity contribution in [2.45, 2.75) is 42.7 Å². The third kappa shape index (κ3) is 5.26. The standard InChI is InChI=1S/C17H23N3O5S/c21-16(20-13-6-7-13)11-18-17(22)12-3-1-5-15(9-12)26(23,24)19-10-14-4-2-8-25-14/h1,3,5,9,13-14,19H,2,4,6-8,10-11H2,(H,18,22)(H,20,21). The summed E-state index contributed by atoms with van der Waals surface area (Å²) in [6, 6.07) is 5.95. The number of nitrogens with one attached hydrogen (secondary N) is 3. The summed E-state index contributed by atoms with van der Waals surface area (Å²) in [5, 5.41) is 5.27. The highest BCUT2D eigenvalue weighted by Crippen LogP contribution is 2.18. The molecule has 1 saturated carbocycles. The number of ether oxygens (including phenoxy) is 1. The fourth-order valence-electron chi connectivity index (χ4n) is 2.66. The van der Waals surface area contributed by atoms with Crippen LogP contribution in [0.3, 0.4) is 0 Å². The van der Waals surface area contributed by atoms with E-state index in [0.29, 0.717) is 6.61 Å². The zero-order chi connectivity index (χ0) is 18.6. The van der Waals surface area contributed by atoms with Crippen LogP contribution in [0.5, 0.6) is 0 Å². The minimum atomic E-state index is -3.73. The summed E-state index contributed by atoms with van der Waals surface area (Å²) in [5.41, 5.74) is 0.184. The van der Waals surface area contributed by atoms with Crippen LogP contribution in [0.1, 0.15) is 36.0 Å². The van der Waals surface area contributed by atoms with Gasteiger partial charge in [0.1, 0.15) is 0 Å². The van der Waals surface area contributed by atoms with Crippen molar-refractivity contribution in [3.63, 3.8) is 0 Å². The van der Waals surface area contributed by atoms with Crippen LogP contribution in [0.25, 0.3) is 0 Å². The number of carbonyl (C=O) groups excluding carboxylic acids is 2. The van der Waals surface area contributed by atoms with Gasteiger partial charge < -0.3 is 15.4 Å². The summed E-state index contributed by atoms with van der Waals surface area (Å²) >= 11 is 0. The van der Waals surface area contributed by atoms with Gasteiger partial charge in [0.25, 0.3) is 5.91 Å². The van der Waals surface area contributed by atoms with Gasteiger partial charge >= 0.3 is 0 Å². The van der Waals surface area contributed by atoms with Gasteiger partial charge in [-0.2, -0.15) is 0 Å². The minimum absolute atomic E-state index is 0.00517. The first kappa shape index (κ1) is 18.8. The second-order valence-corrected chi connectivity index (χ2v) is 8.31. The Kier molecular flexibility index (Phi) is 5.90. The van der Waals surface area contributed by atoms with Crippen molar-refractivity contribution in [3.8, 4) is 0 Å². The van der Waals surface area contributed by atoms with Crippen LogP contribution in [0.2, 0.25) is 0 Å². The molecule has 0 aromatic heterocycles. The van der Waals surface area contributed by atoms with Gasteiger partial charge in [-0.05, 0) is 43.9 Å². The maximum Gasteiger partial charge on any atom is 0.251 e. The molecule has 142 valence electrons. The van der Waals surface area contributed by atoms with Gasteiger partial charge in [0, 0.05) is 24.8 Å². The molecule has 0 bridgehead atoms. The SMILES string of the molecule is O=C(CNC(=O)c1cccc(S(=O)(=O)NCC2CCCO2)c1)NC1CC1. The Balaban J connectivity index is 1.57. The van der Waals surface area contributed by atoms with Gasteiger partial charge in [0.2, 0.25) is 15.9 Å². The van der Waals surface area contributed by atoms with E-state index < -0.39 is 15.9 Å². The molecule has 1 saturated heterocycles. The summed E-state index contributed by atoms with van der Waals surface area (Å²) in [6.07, 6.45) is 3.59. The fraction of sp³-hybridized carbons (Fsp3) is 0.529. The molecule has 2 amide bonds. The molecule has 1 unspecified atom stereocenters. The molecule has 9 heteroatoms. The molecule has 26 heavy (non-hydrogen) atoms. The molecular formula is C17H23N3O5S. The van der Waals surface area contributed by atoms with Crippen molar-refractivity contribution in [2.75, 3.05) is 19.7 Å². The molecule has 8 nitrogen and oxygen atoms in total. The maximum atomic E-state index is 12.4. The number of hydrogen-bond donors (Lipinski definition) is 3. The second kappa shape index (κ2) is 8.15. The van der Waals surface area contributed by atoms with Crippen LogP contribution in [0.4, 0.5) is 0 Å². The Morgan fingerprint density at radius 2 is 2.00 bits per heavy atom. The van der Waals surface area contributed by atoms with E-state index >= 15 is 0 Å².